The predicted octanol–water partition coefficient (Wildman–Crippen LogP) is 3.95. The van der Waals surface area contributed by atoms with Crippen LogP contribution in [0.4, 0.5) is 11.4 Å². The van der Waals surface area contributed by atoms with Gasteiger partial charge in [-0.1, -0.05) is 54.1 Å². The number of aromatic nitrogens is 1. The Bertz CT molecular complexity index is 1620. The van der Waals surface area contributed by atoms with Crippen molar-refractivity contribution in [3.8, 4) is 0 Å². The second kappa shape index (κ2) is 7.63. The minimum absolute atomic E-state index is 0.263. The monoisotopic (exact) mass is 490 g/mol. The average molecular weight is 491 g/mol. The van der Waals surface area contributed by atoms with Crippen molar-refractivity contribution < 1.29 is 14.4 Å². The molecule has 4 atom stereocenters. The smallest absolute Gasteiger partial charge is 0.250 e. The van der Waals surface area contributed by atoms with Gasteiger partial charge in [-0.15, -0.1) is 0 Å². The number of rotatable bonds is 3. The van der Waals surface area contributed by atoms with Gasteiger partial charge in [0.05, 0.1) is 17.5 Å². The van der Waals surface area contributed by atoms with Crippen molar-refractivity contribution in [1.82, 2.24) is 10.3 Å². The third-order valence-corrected chi connectivity index (χ3v) is 8.29. The fourth-order valence-electron chi connectivity index (χ4n) is 6.80. The Morgan fingerprint density at radius 1 is 0.919 bits per heavy atom. The Morgan fingerprint density at radius 2 is 1.68 bits per heavy atom. The predicted molar refractivity (Wildman–Crippen MR) is 141 cm³/mol. The molecule has 1 spiro atoms. The maximum absolute atomic E-state index is 14.1. The number of nitrogens with one attached hydrogen (secondary N) is 3. The van der Waals surface area contributed by atoms with Crippen LogP contribution in [-0.4, -0.2) is 28.7 Å². The van der Waals surface area contributed by atoms with Gasteiger partial charge >= 0.3 is 0 Å². The van der Waals surface area contributed by atoms with Crippen LogP contribution in [0.15, 0.2) is 72.9 Å². The fraction of sp³-hybridized carbons (Fsp3) is 0.233. The van der Waals surface area contributed by atoms with Crippen LogP contribution in [0.5, 0.6) is 0 Å². The minimum Gasteiger partial charge on any atom is -0.361 e. The molecule has 7 rings (SSSR count). The number of carbonyl (C=O) groups excluding carboxylic acids is 3. The number of hydrogen-bond donors (Lipinski definition) is 3. The van der Waals surface area contributed by atoms with Crippen LogP contribution in [0.1, 0.15) is 22.3 Å². The largest absolute Gasteiger partial charge is 0.361 e. The molecular weight excluding hydrogens is 464 g/mol. The first-order valence-electron chi connectivity index (χ1n) is 12.6. The van der Waals surface area contributed by atoms with E-state index in [0.717, 1.165) is 38.8 Å². The van der Waals surface area contributed by atoms with Gasteiger partial charge in [-0.3, -0.25) is 19.7 Å². The molecule has 3 N–H and O–H groups in total. The summed E-state index contributed by atoms with van der Waals surface area (Å²) in [4.78, 5) is 46.6. The molecule has 7 nitrogen and oxygen atoms in total. The first-order chi connectivity index (χ1) is 17.9. The van der Waals surface area contributed by atoms with E-state index >= 15 is 0 Å². The maximum Gasteiger partial charge on any atom is 0.250 e. The van der Waals surface area contributed by atoms with Gasteiger partial charge < -0.3 is 10.3 Å². The molecule has 0 bridgehead atoms. The Kier molecular flexibility index (Phi) is 4.54. The van der Waals surface area contributed by atoms with Crippen molar-refractivity contribution in [2.75, 3.05) is 10.2 Å². The number of aromatic amines is 1. The van der Waals surface area contributed by atoms with Gasteiger partial charge in [0.25, 0.3) is 0 Å². The minimum atomic E-state index is -1.32. The summed E-state index contributed by atoms with van der Waals surface area (Å²) in [5.41, 5.74) is 4.70. The molecule has 2 saturated heterocycles. The van der Waals surface area contributed by atoms with Gasteiger partial charge in [-0.05, 0) is 49.6 Å². The van der Waals surface area contributed by atoms with Crippen molar-refractivity contribution in [1.29, 1.82) is 0 Å². The van der Waals surface area contributed by atoms with Gasteiger partial charge in [-0.2, -0.15) is 0 Å². The highest BCUT2D eigenvalue weighted by molar-refractivity contribution is 6.26. The number of H-pyrrole nitrogens is 1. The van der Waals surface area contributed by atoms with E-state index in [4.69, 9.17) is 0 Å². The van der Waals surface area contributed by atoms with Gasteiger partial charge in [-0.25, -0.2) is 4.90 Å². The second-order valence-corrected chi connectivity index (χ2v) is 10.4. The number of carbonyl (C=O) groups is 3. The summed E-state index contributed by atoms with van der Waals surface area (Å²) in [6.45, 7) is 3.94. The lowest BCUT2D eigenvalue weighted by Crippen LogP contribution is -2.53. The summed E-state index contributed by atoms with van der Waals surface area (Å²) in [5, 5.41) is 7.69. The summed E-state index contributed by atoms with van der Waals surface area (Å²) in [5.74, 6) is -2.40. The lowest BCUT2D eigenvalue weighted by atomic mass is 9.75. The van der Waals surface area contributed by atoms with Crippen molar-refractivity contribution in [2.24, 2.45) is 11.8 Å². The highest BCUT2D eigenvalue weighted by Crippen LogP contribution is 2.54. The number of hydrogen-bond acceptors (Lipinski definition) is 4. The van der Waals surface area contributed by atoms with Crippen LogP contribution >= 0.6 is 0 Å². The number of fused-ring (bicyclic) bond motifs is 5. The molecular formula is C30H26N4O3. The third kappa shape index (κ3) is 2.89. The SMILES string of the molecule is Cc1cc(C)c2c(c1)[C@@]1(N[C@H](Cc3c[nH]c4ccccc34)[C@H]3C(=O)N(c4ccccc4)C(=O)[C@H]31)C(=O)N2. The molecule has 0 aliphatic carbocycles. The summed E-state index contributed by atoms with van der Waals surface area (Å²) >= 11 is 0. The van der Waals surface area contributed by atoms with Crippen LogP contribution in [-0.2, 0) is 26.3 Å². The zero-order valence-corrected chi connectivity index (χ0v) is 20.5. The number of aryl methyl sites for hydroxylation is 2. The standard InChI is InChI=1S/C30H26N4O3/c1-16-12-17(2)26-21(13-16)30(29(37)32-26)25-24(27(35)34(28(25)36)19-8-4-3-5-9-19)23(33-30)14-18-15-31-22-11-7-6-10-20(18)22/h3-13,15,23-25,31,33H,14H2,1-2H3,(H,32,37)/t23-,24-,25+,30+/m1/s1. The number of anilines is 2. The molecule has 7 heteroatoms. The molecule has 2 fully saturated rings. The summed E-state index contributed by atoms with van der Waals surface area (Å²) in [6.07, 6.45) is 2.46. The molecule has 37 heavy (non-hydrogen) atoms. The Morgan fingerprint density at radius 3 is 2.49 bits per heavy atom. The van der Waals surface area contributed by atoms with E-state index in [1.54, 1.807) is 12.1 Å². The summed E-state index contributed by atoms with van der Waals surface area (Å²) < 4.78 is 0. The van der Waals surface area contributed by atoms with Crippen LogP contribution in [0.25, 0.3) is 10.9 Å². The molecule has 1 aromatic heterocycles. The van der Waals surface area contributed by atoms with Gasteiger partial charge in [0.2, 0.25) is 17.7 Å². The Balaban J connectivity index is 1.40. The number of amides is 3. The number of benzene rings is 3. The Hall–Kier alpha value is -4.23. The molecule has 4 aromatic rings. The van der Waals surface area contributed by atoms with E-state index in [1.807, 2.05) is 74.6 Å². The Labute approximate surface area is 213 Å². The topological polar surface area (TPSA) is 94.3 Å². The molecule has 184 valence electrons. The highest BCUT2D eigenvalue weighted by Gasteiger charge is 2.70. The second-order valence-electron chi connectivity index (χ2n) is 10.4. The van der Waals surface area contributed by atoms with Crippen molar-refractivity contribution in [3.05, 3.63) is 95.2 Å². The zero-order valence-electron chi connectivity index (χ0n) is 20.5. The van der Waals surface area contributed by atoms with Crippen molar-refractivity contribution in [2.45, 2.75) is 31.8 Å². The van der Waals surface area contributed by atoms with Crippen molar-refractivity contribution in [3.63, 3.8) is 0 Å². The molecule has 0 saturated carbocycles. The van der Waals surface area contributed by atoms with E-state index < -0.39 is 23.4 Å². The first kappa shape index (κ1) is 22.0. The molecule has 3 aliphatic rings. The molecule has 0 unspecified atom stereocenters. The van der Waals surface area contributed by atoms with E-state index in [9.17, 15) is 14.4 Å². The van der Waals surface area contributed by atoms with Crippen LogP contribution < -0.4 is 15.5 Å². The summed E-state index contributed by atoms with van der Waals surface area (Å²) in [6, 6.07) is 20.6. The van der Waals surface area contributed by atoms with E-state index in [-0.39, 0.29) is 17.7 Å². The maximum atomic E-state index is 14.1. The zero-order chi connectivity index (χ0) is 25.5. The number of nitrogens with zero attached hydrogens (tertiary/aromatic N) is 1. The quantitative estimate of drug-likeness (QED) is 0.379. The highest BCUT2D eigenvalue weighted by atomic mass is 16.2. The van der Waals surface area contributed by atoms with Crippen molar-refractivity contribution >= 4 is 40.0 Å². The molecule has 3 aliphatic heterocycles. The molecule has 4 heterocycles. The lowest BCUT2D eigenvalue weighted by Gasteiger charge is -2.30. The van der Waals surface area contributed by atoms with E-state index in [0.29, 0.717) is 12.1 Å². The van der Waals surface area contributed by atoms with E-state index in [1.165, 1.54) is 4.90 Å². The molecule has 3 aromatic carbocycles. The molecule has 3 amide bonds. The van der Waals surface area contributed by atoms with Crippen LogP contribution in [0.3, 0.4) is 0 Å². The van der Waals surface area contributed by atoms with E-state index in [2.05, 4.69) is 15.6 Å². The lowest BCUT2D eigenvalue weighted by molar-refractivity contribution is -0.130. The van der Waals surface area contributed by atoms with Gasteiger partial charge in [0.15, 0.2) is 0 Å². The fourth-order valence-corrected chi connectivity index (χ4v) is 6.80. The van der Waals surface area contributed by atoms with Gasteiger partial charge in [0.1, 0.15) is 5.54 Å². The normalized spacial score (nSPS) is 26.3. The number of imide groups is 1. The average Bonchev–Trinajstić information content (AvgIpc) is 3.60. The number of para-hydroxylation sites is 2. The molecule has 0 radical (unpaired) electrons. The van der Waals surface area contributed by atoms with Crippen LogP contribution in [0, 0.1) is 25.7 Å². The first-order valence-corrected chi connectivity index (χ1v) is 12.6. The summed E-state index contributed by atoms with van der Waals surface area (Å²) in [7, 11) is 0. The van der Waals surface area contributed by atoms with Crippen LogP contribution in [0.2, 0.25) is 0 Å². The van der Waals surface area contributed by atoms with Gasteiger partial charge in [0, 0.05) is 34.4 Å². The third-order valence-electron chi connectivity index (χ3n) is 8.29.